The minimum absolute atomic E-state index is 0.125. The number of halogens is 2. The predicted octanol–water partition coefficient (Wildman–Crippen LogP) is 3.15. The van der Waals surface area contributed by atoms with Crippen molar-refractivity contribution in [2.45, 2.75) is 19.8 Å². The van der Waals surface area contributed by atoms with Crippen molar-refractivity contribution < 1.29 is 14.3 Å². The molecule has 4 nitrogen and oxygen atoms in total. The summed E-state index contributed by atoms with van der Waals surface area (Å²) in [6.45, 7) is 2.55. The molecule has 0 aromatic heterocycles. The number of carboxylic acids is 1. The van der Waals surface area contributed by atoms with Crippen molar-refractivity contribution in [1.29, 1.82) is 5.26 Å². The maximum atomic E-state index is 14.3. The van der Waals surface area contributed by atoms with Crippen LogP contribution in [0.25, 0.3) is 0 Å². The third kappa shape index (κ3) is 2.50. The highest BCUT2D eigenvalue weighted by Gasteiger charge is 2.38. The van der Waals surface area contributed by atoms with Crippen molar-refractivity contribution in [3.63, 3.8) is 0 Å². The minimum atomic E-state index is -0.870. The van der Waals surface area contributed by atoms with Crippen LogP contribution in [0.4, 0.5) is 10.1 Å². The van der Waals surface area contributed by atoms with Crippen LogP contribution in [0.15, 0.2) is 16.6 Å². The van der Waals surface area contributed by atoms with Gasteiger partial charge in [0.2, 0.25) is 0 Å². The van der Waals surface area contributed by atoms with Gasteiger partial charge in [0.15, 0.2) is 5.82 Å². The zero-order valence-electron chi connectivity index (χ0n) is 11.0. The molecule has 0 saturated carbocycles. The third-order valence-corrected chi connectivity index (χ3v) is 4.51. The quantitative estimate of drug-likeness (QED) is 0.898. The number of aliphatic carboxylic acids is 1. The normalized spacial score (nSPS) is 22.4. The van der Waals surface area contributed by atoms with E-state index < -0.39 is 17.2 Å². The van der Waals surface area contributed by atoms with Crippen LogP contribution < -0.4 is 4.90 Å². The van der Waals surface area contributed by atoms with E-state index in [4.69, 9.17) is 5.26 Å². The summed E-state index contributed by atoms with van der Waals surface area (Å²) < 4.78 is 14.4. The highest BCUT2D eigenvalue weighted by Crippen LogP contribution is 2.36. The van der Waals surface area contributed by atoms with E-state index in [1.54, 1.807) is 11.8 Å². The van der Waals surface area contributed by atoms with Crippen LogP contribution in [0.3, 0.4) is 0 Å². The van der Waals surface area contributed by atoms with Gasteiger partial charge in [0, 0.05) is 13.1 Å². The molecule has 1 saturated heterocycles. The summed E-state index contributed by atoms with van der Waals surface area (Å²) in [5.74, 6) is -1.38. The summed E-state index contributed by atoms with van der Waals surface area (Å²) >= 11 is 3.07. The molecule has 6 heteroatoms. The first-order valence-corrected chi connectivity index (χ1v) is 7.05. The maximum Gasteiger partial charge on any atom is 0.311 e. The lowest BCUT2D eigenvalue weighted by atomic mass is 9.82. The van der Waals surface area contributed by atoms with Gasteiger partial charge in [-0.25, -0.2) is 4.39 Å². The SMILES string of the molecule is CC1(C(=O)O)CCCN(c2ccc(C#N)c(Br)c2F)C1. The van der Waals surface area contributed by atoms with Gasteiger partial charge in [0.25, 0.3) is 0 Å². The molecule has 1 fully saturated rings. The molecule has 0 bridgehead atoms. The Morgan fingerprint density at radius 3 is 2.90 bits per heavy atom. The lowest BCUT2D eigenvalue weighted by Crippen LogP contribution is -2.46. The number of carbonyl (C=O) groups is 1. The summed E-state index contributed by atoms with van der Waals surface area (Å²) in [6.07, 6.45) is 1.28. The second kappa shape index (κ2) is 5.41. The van der Waals surface area contributed by atoms with Crippen LogP contribution in [0.2, 0.25) is 0 Å². The molecular formula is C14H14BrFN2O2. The number of hydrogen-bond donors (Lipinski definition) is 1. The van der Waals surface area contributed by atoms with Crippen molar-refractivity contribution >= 4 is 27.6 Å². The molecular weight excluding hydrogens is 327 g/mol. The van der Waals surface area contributed by atoms with Crippen molar-refractivity contribution in [3.05, 3.63) is 28.0 Å². The van der Waals surface area contributed by atoms with Crippen molar-refractivity contribution in [1.82, 2.24) is 0 Å². The van der Waals surface area contributed by atoms with E-state index in [-0.39, 0.29) is 16.6 Å². The summed E-state index contributed by atoms with van der Waals surface area (Å²) in [7, 11) is 0. The number of hydrogen-bond acceptors (Lipinski definition) is 3. The molecule has 0 spiro atoms. The summed E-state index contributed by atoms with van der Waals surface area (Å²) in [5, 5.41) is 18.2. The summed E-state index contributed by atoms with van der Waals surface area (Å²) in [5.41, 5.74) is -0.308. The lowest BCUT2D eigenvalue weighted by molar-refractivity contribution is -0.148. The number of benzene rings is 1. The number of piperidine rings is 1. The van der Waals surface area contributed by atoms with Crippen LogP contribution in [-0.4, -0.2) is 24.2 Å². The summed E-state index contributed by atoms with van der Waals surface area (Å²) in [6, 6.07) is 4.97. The monoisotopic (exact) mass is 340 g/mol. The van der Waals surface area contributed by atoms with Gasteiger partial charge in [-0.3, -0.25) is 4.79 Å². The molecule has 1 N–H and O–H groups in total. The number of nitrogens with zero attached hydrogens (tertiary/aromatic N) is 2. The Kier molecular flexibility index (Phi) is 4.00. The van der Waals surface area contributed by atoms with E-state index in [1.165, 1.54) is 12.1 Å². The number of nitriles is 1. The van der Waals surface area contributed by atoms with Gasteiger partial charge >= 0.3 is 5.97 Å². The molecule has 2 rings (SSSR count). The fourth-order valence-corrected chi connectivity index (χ4v) is 2.91. The Bertz CT molecular complexity index is 600. The van der Waals surface area contributed by atoms with Gasteiger partial charge in [0.1, 0.15) is 6.07 Å². The van der Waals surface area contributed by atoms with E-state index in [1.807, 2.05) is 6.07 Å². The van der Waals surface area contributed by atoms with Crippen LogP contribution >= 0.6 is 15.9 Å². The molecule has 1 heterocycles. The Morgan fingerprint density at radius 2 is 2.30 bits per heavy atom. The number of carboxylic acid groups (broad SMARTS) is 1. The first-order chi connectivity index (χ1) is 9.39. The van der Waals surface area contributed by atoms with Gasteiger partial charge in [0.05, 0.1) is 21.1 Å². The highest BCUT2D eigenvalue weighted by molar-refractivity contribution is 9.10. The Balaban J connectivity index is 2.36. The van der Waals surface area contributed by atoms with E-state index in [0.717, 1.165) is 0 Å². The van der Waals surface area contributed by atoms with E-state index >= 15 is 0 Å². The van der Waals surface area contributed by atoms with E-state index in [9.17, 15) is 14.3 Å². The van der Waals surface area contributed by atoms with Crippen molar-refractivity contribution in [3.8, 4) is 6.07 Å². The first kappa shape index (κ1) is 14.8. The first-order valence-electron chi connectivity index (χ1n) is 6.25. The molecule has 1 aromatic carbocycles. The molecule has 1 aliphatic heterocycles. The van der Waals surface area contributed by atoms with Gasteiger partial charge in [-0.05, 0) is 47.8 Å². The van der Waals surface area contributed by atoms with Crippen molar-refractivity contribution in [2.75, 3.05) is 18.0 Å². The third-order valence-electron chi connectivity index (χ3n) is 3.74. The van der Waals surface area contributed by atoms with Gasteiger partial charge in [-0.1, -0.05) is 0 Å². The van der Waals surface area contributed by atoms with Crippen LogP contribution in [0.5, 0.6) is 0 Å². The molecule has 0 aliphatic carbocycles. The Labute approximate surface area is 124 Å². The van der Waals surface area contributed by atoms with Gasteiger partial charge in [-0.15, -0.1) is 0 Å². The topological polar surface area (TPSA) is 64.3 Å². The van der Waals surface area contributed by atoms with Crippen LogP contribution in [-0.2, 0) is 4.79 Å². The maximum absolute atomic E-state index is 14.3. The average Bonchev–Trinajstić information content (AvgIpc) is 2.41. The summed E-state index contributed by atoms with van der Waals surface area (Å²) in [4.78, 5) is 13.1. The molecule has 0 radical (unpaired) electrons. The fraction of sp³-hybridized carbons (Fsp3) is 0.429. The lowest BCUT2D eigenvalue weighted by Gasteiger charge is -2.39. The Morgan fingerprint density at radius 1 is 1.60 bits per heavy atom. The smallest absolute Gasteiger partial charge is 0.311 e. The van der Waals surface area contributed by atoms with Crippen molar-refractivity contribution in [2.24, 2.45) is 5.41 Å². The Hall–Kier alpha value is -1.61. The molecule has 1 aromatic rings. The average molecular weight is 341 g/mol. The molecule has 1 atom stereocenters. The molecule has 0 amide bonds. The van der Waals surface area contributed by atoms with Crippen LogP contribution in [0, 0.1) is 22.6 Å². The second-order valence-corrected chi connectivity index (χ2v) is 6.06. The minimum Gasteiger partial charge on any atom is -0.481 e. The van der Waals surface area contributed by atoms with Gasteiger partial charge < -0.3 is 10.0 Å². The fourth-order valence-electron chi connectivity index (χ4n) is 2.49. The number of rotatable bonds is 2. The number of anilines is 1. The standard InChI is InChI=1S/C14H14BrFN2O2/c1-14(13(19)20)5-2-6-18(8-14)10-4-3-9(7-17)11(15)12(10)16/h3-4H,2,5-6,8H2,1H3,(H,19,20). The highest BCUT2D eigenvalue weighted by atomic mass is 79.9. The largest absolute Gasteiger partial charge is 0.481 e. The zero-order chi connectivity index (χ0) is 14.9. The van der Waals surface area contributed by atoms with Gasteiger partial charge in [-0.2, -0.15) is 5.26 Å². The molecule has 1 aliphatic rings. The van der Waals surface area contributed by atoms with Crippen LogP contribution in [0.1, 0.15) is 25.3 Å². The zero-order valence-corrected chi connectivity index (χ0v) is 12.6. The second-order valence-electron chi connectivity index (χ2n) is 5.26. The van der Waals surface area contributed by atoms with E-state index in [2.05, 4.69) is 15.9 Å². The molecule has 20 heavy (non-hydrogen) atoms. The van der Waals surface area contributed by atoms with E-state index in [0.29, 0.717) is 25.1 Å². The molecule has 106 valence electrons. The molecule has 1 unspecified atom stereocenters. The predicted molar refractivity (Wildman–Crippen MR) is 76.0 cm³/mol.